The van der Waals surface area contributed by atoms with E-state index in [0.29, 0.717) is 57.8 Å². The second-order valence-electron chi connectivity index (χ2n) is 21.2. The molecule has 2 spiro atoms. The number of hydrogen-bond acceptors (Lipinski definition) is 15. The van der Waals surface area contributed by atoms with Crippen molar-refractivity contribution >= 4 is 11.8 Å². The Bertz CT molecular complexity index is 1770. The number of carbonyl (C=O) groups excluding carboxylic acids is 2. The van der Waals surface area contributed by atoms with Crippen LogP contribution in [0.25, 0.3) is 0 Å². The molecule has 62 heavy (non-hydrogen) atoms. The van der Waals surface area contributed by atoms with Gasteiger partial charge in [0.15, 0.2) is 17.4 Å². The average Bonchev–Trinajstić information content (AvgIpc) is 4.06. The summed E-state index contributed by atoms with van der Waals surface area (Å²) in [5.74, 6) is -5.63. The van der Waals surface area contributed by atoms with E-state index in [2.05, 4.69) is 19.9 Å². The molecule has 19 atom stereocenters. The van der Waals surface area contributed by atoms with Gasteiger partial charge >= 0.3 is 5.97 Å². The molecule has 0 saturated carbocycles. The van der Waals surface area contributed by atoms with Gasteiger partial charge in [-0.05, 0) is 90.9 Å². The number of allylic oxidation sites excluding steroid dienone is 3. The van der Waals surface area contributed by atoms with Gasteiger partial charge < -0.3 is 63.1 Å². The Labute approximate surface area is 365 Å². The van der Waals surface area contributed by atoms with Gasteiger partial charge in [-0.2, -0.15) is 0 Å². The fraction of sp³-hybridized carbons (Fsp3) is 0.872. The Morgan fingerprint density at radius 2 is 1.60 bits per heavy atom. The summed E-state index contributed by atoms with van der Waals surface area (Å²) in [6.07, 6.45) is 4.76. The van der Waals surface area contributed by atoms with Gasteiger partial charge in [-0.15, -0.1) is 0 Å². The van der Waals surface area contributed by atoms with Crippen molar-refractivity contribution < 1.29 is 72.6 Å². The number of esters is 1. The summed E-state index contributed by atoms with van der Waals surface area (Å²) in [5, 5.41) is 45.5. The van der Waals surface area contributed by atoms with Gasteiger partial charge in [-0.25, -0.2) is 0 Å². The summed E-state index contributed by atoms with van der Waals surface area (Å²) < 4.78 is 58.8. The Morgan fingerprint density at radius 1 is 0.806 bits per heavy atom. The van der Waals surface area contributed by atoms with Crippen LogP contribution in [0.2, 0.25) is 0 Å². The Hall–Kier alpha value is -1.86. The van der Waals surface area contributed by atoms with Gasteiger partial charge in [0.1, 0.15) is 48.3 Å². The highest BCUT2D eigenvalue weighted by molar-refractivity contribution is 5.86. The minimum absolute atomic E-state index is 0.0379. The topological polar surface area (TPSA) is 198 Å². The zero-order chi connectivity index (χ0) is 44.0. The molecule has 4 N–H and O–H groups in total. The lowest BCUT2D eigenvalue weighted by atomic mass is 9.87. The fourth-order valence-electron chi connectivity index (χ4n) is 12.5. The highest BCUT2D eigenvalue weighted by Crippen LogP contribution is 2.55. The molecule has 9 heterocycles. The second kappa shape index (κ2) is 16.5. The highest BCUT2D eigenvalue weighted by Gasteiger charge is 2.66. The third-order valence-corrected chi connectivity index (χ3v) is 16.0. The van der Waals surface area contributed by atoms with E-state index < -0.39 is 107 Å². The molecule has 0 aromatic heterocycles. The summed E-state index contributed by atoms with van der Waals surface area (Å²) >= 11 is 0. The van der Waals surface area contributed by atoms with Crippen LogP contribution in [-0.4, -0.2) is 141 Å². The average molecular weight is 875 g/mol. The van der Waals surface area contributed by atoms with Crippen molar-refractivity contribution in [1.82, 2.24) is 0 Å². The number of hydrogen-bond donors (Lipinski definition) is 4. The number of fused-ring (bicyclic) bond motifs is 10. The molecule has 348 valence electrons. The van der Waals surface area contributed by atoms with Gasteiger partial charge in [0.25, 0.3) is 0 Å². The van der Waals surface area contributed by atoms with Crippen molar-refractivity contribution in [2.24, 2.45) is 17.8 Å². The van der Waals surface area contributed by atoms with Crippen LogP contribution in [0.3, 0.4) is 0 Å². The number of Topliss-reactive ketones (excluding diaryl/α,β-unsaturated/α-hetero) is 1. The highest BCUT2D eigenvalue weighted by atomic mass is 16.8. The molecule has 3 unspecified atom stereocenters. The lowest BCUT2D eigenvalue weighted by molar-refractivity contribution is -0.365. The van der Waals surface area contributed by atoms with E-state index >= 15 is 0 Å². The van der Waals surface area contributed by atoms with Gasteiger partial charge in [-0.1, -0.05) is 37.6 Å². The summed E-state index contributed by atoms with van der Waals surface area (Å²) in [7, 11) is 0. The van der Waals surface area contributed by atoms with Gasteiger partial charge in [0.2, 0.25) is 5.79 Å². The number of carbonyl (C=O) groups is 2. The first-order valence-corrected chi connectivity index (χ1v) is 23.5. The molecular formula is C47H70O15. The Morgan fingerprint density at radius 3 is 2.39 bits per heavy atom. The molecule has 10 bridgehead atoms. The minimum Gasteiger partial charge on any atom is -0.459 e. The van der Waals surface area contributed by atoms with E-state index in [1.54, 1.807) is 13.8 Å². The maximum Gasteiger partial charge on any atom is 0.311 e. The molecule has 8 saturated heterocycles. The van der Waals surface area contributed by atoms with Crippen molar-refractivity contribution in [2.75, 3.05) is 13.2 Å². The quantitative estimate of drug-likeness (QED) is 0.288. The first-order chi connectivity index (χ1) is 29.3. The monoisotopic (exact) mass is 874 g/mol. The normalized spacial score (nSPS) is 55.0. The van der Waals surface area contributed by atoms with Gasteiger partial charge in [0.05, 0.1) is 48.6 Å². The van der Waals surface area contributed by atoms with Crippen LogP contribution in [0, 0.1) is 17.8 Å². The minimum atomic E-state index is -1.97. The van der Waals surface area contributed by atoms with Crippen LogP contribution in [0.15, 0.2) is 23.8 Å². The van der Waals surface area contributed by atoms with E-state index in [0.717, 1.165) is 18.4 Å². The summed E-state index contributed by atoms with van der Waals surface area (Å²) in [6, 6.07) is 0. The zero-order valence-electron chi connectivity index (χ0n) is 37.3. The van der Waals surface area contributed by atoms with Crippen molar-refractivity contribution in [2.45, 2.75) is 227 Å². The van der Waals surface area contributed by atoms with Crippen LogP contribution in [0.1, 0.15) is 131 Å². The Kier molecular flexibility index (Phi) is 12.0. The third kappa shape index (κ3) is 8.09. The molecule has 9 aliphatic heterocycles. The molecule has 9 rings (SSSR count). The van der Waals surface area contributed by atoms with E-state index in [1.807, 2.05) is 26.0 Å². The van der Waals surface area contributed by atoms with Crippen molar-refractivity contribution in [1.29, 1.82) is 0 Å². The van der Waals surface area contributed by atoms with Gasteiger partial charge in [0, 0.05) is 38.5 Å². The van der Waals surface area contributed by atoms with E-state index in [9.17, 15) is 30.0 Å². The predicted molar refractivity (Wildman–Crippen MR) is 219 cm³/mol. The molecule has 0 amide bonds. The molecule has 0 aliphatic carbocycles. The smallest absolute Gasteiger partial charge is 0.311 e. The van der Waals surface area contributed by atoms with Crippen LogP contribution in [0.4, 0.5) is 0 Å². The molecule has 8 fully saturated rings. The predicted octanol–water partition coefficient (Wildman–Crippen LogP) is 4.23. The fourth-order valence-corrected chi connectivity index (χ4v) is 12.5. The first kappa shape index (κ1) is 45.3. The van der Waals surface area contributed by atoms with Crippen molar-refractivity contribution in [3.8, 4) is 0 Å². The molecule has 15 nitrogen and oxygen atoms in total. The third-order valence-electron chi connectivity index (χ3n) is 16.0. The van der Waals surface area contributed by atoms with Crippen LogP contribution in [0.5, 0.6) is 0 Å². The zero-order valence-corrected chi connectivity index (χ0v) is 37.3. The number of aliphatic hydroxyl groups excluding tert-OH is 3. The van der Waals surface area contributed by atoms with Crippen LogP contribution in [-0.2, 0) is 52.2 Å². The van der Waals surface area contributed by atoms with Gasteiger partial charge in [-0.3, -0.25) is 9.59 Å². The molecule has 9 aliphatic rings. The molecule has 0 radical (unpaired) electrons. The van der Waals surface area contributed by atoms with E-state index in [4.69, 9.17) is 42.6 Å². The Balaban J connectivity index is 1.01. The number of ether oxygens (including phenoxy) is 9. The molecule has 0 aromatic carbocycles. The molecule has 0 aromatic rings. The number of aliphatic hydroxyl groups is 4. The van der Waals surface area contributed by atoms with Crippen LogP contribution < -0.4 is 0 Å². The lowest BCUT2D eigenvalue weighted by Crippen LogP contribution is -2.59. The molecule has 15 heteroatoms. The van der Waals surface area contributed by atoms with E-state index in [1.165, 1.54) is 0 Å². The second-order valence-corrected chi connectivity index (χ2v) is 21.2. The summed E-state index contributed by atoms with van der Waals surface area (Å²) in [4.78, 5) is 28.0. The number of ketones is 1. The number of rotatable bonds is 2. The SMILES string of the molecule is CC1=C\[C@@H](C)C[C@]2(C)CC[C@H](O2)[C@]23CC[C@](CO)(C[C@H](O2)C2O[C@@](C)(CC2=O)[C@H](O)[C@H]2CC[C@@]4(CCC[C@@H](O4)[C@H](C)C(=O)O[C@H]4CC([C@]5(O)OCC[C@H](C)[C@@H]5O)OC4\C=C\1)O2)O3. The van der Waals surface area contributed by atoms with Crippen molar-refractivity contribution in [3.63, 3.8) is 0 Å². The standard InChI is InChI=1S/C47H70O15/c1-26-9-10-32-34(21-37(55-32)47(53)39(50)28(3)13-19-54-47)56-41(52)29(4)31-8-7-14-45(57-31)16-11-33(58-45)40(51)43(6)23-30(49)38(61-43)35-24-44(25-48)17-18-46(59-35,62-44)36-12-15-42(5,60-36)22-27(2)20-26/h9-10,20,27-29,31-40,48,50-51,53H,7-8,11-19,21-25H2,1-6H3/b10-9+,26-20+/t27-,28+,29+,31-,32?,33-,34+,35+,36+,37?,38?,39+,40-,42+,43+,44-,45-,46-,47+/m1/s1. The first-order valence-electron chi connectivity index (χ1n) is 23.5. The van der Waals surface area contributed by atoms with Crippen LogP contribution >= 0.6 is 0 Å². The summed E-state index contributed by atoms with van der Waals surface area (Å²) in [5.41, 5.74) is -1.73. The maximum absolute atomic E-state index is 14.1. The maximum atomic E-state index is 14.1. The molecular weight excluding hydrogens is 805 g/mol. The lowest BCUT2D eigenvalue weighted by Gasteiger charge is -2.47. The summed E-state index contributed by atoms with van der Waals surface area (Å²) in [6.45, 7) is 11.7. The van der Waals surface area contributed by atoms with E-state index in [-0.39, 0.29) is 50.1 Å². The largest absolute Gasteiger partial charge is 0.459 e. The van der Waals surface area contributed by atoms with Crippen molar-refractivity contribution in [3.05, 3.63) is 23.8 Å².